The number of hydrogen-bond donors (Lipinski definition) is 1. The van der Waals surface area contributed by atoms with Crippen molar-refractivity contribution in [1.82, 2.24) is 24.3 Å². The zero-order chi connectivity index (χ0) is 28.4. The molecule has 204 valence electrons. The predicted molar refractivity (Wildman–Crippen MR) is 147 cm³/mol. The summed E-state index contributed by atoms with van der Waals surface area (Å²) < 4.78 is 13.5. The summed E-state index contributed by atoms with van der Waals surface area (Å²) in [6.45, 7) is 3.85. The summed E-state index contributed by atoms with van der Waals surface area (Å²) in [6.07, 6.45) is 3.15. The fourth-order valence-corrected chi connectivity index (χ4v) is 5.01. The van der Waals surface area contributed by atoms with Gasteiger partial charge in [-0.2, -0.15) is 10.1 Å². The summed E-state index contributed by atoms with van der Waals surface area (Å²) in [7, 11) is 4.48. The normalized spacial score (nSPS) is 12.0. The first-order chi connectivity index (χ1) is 18.5. The highest BCUT2D eigenvalue weighted by Crippen LogP contribution is 2.39. The maximum Gasteiger partial charge on any atom is 0.356 e. The zero-order valence-electron chi connectivity index (χ0n) is 22.0. The molecule has 10 nitrogen and oxygen atoms in total. The van der Waals surface area contributed by atoms with E-state index in [0.29, 0.717) is 32.6 Å². The third-order valence-corrected chi connectivity index (χ3v) is 6.75. The Labute approximate surface area is 234 Å². The molecule has 0 amide bonds. The van der Waals surface area contributed by atoms with E-state index >= 15 is 0 Å². The number of carboxylic acids is 1. The van der Waals surface area contributed by atoms with Crippen LogP contribution in [0.15, 0.2) is 47.5 Å². The Balaban J connectivity index is 2.04. The van der Waals surface area contributed by atoms with Gasteiger partial charge in [-0.15, -0.1) is 0 Å². The van der Waals surface area contributed by atoms with Crippen molar-refractivity contribution in [1.29, 1.82) is 0 Å². The van der Waals surface area contributed by atoms with Gasteiger partial charge < -0.3 is 19.1 Å². The van der Waals surface area contributed by atoms with Crippen molar-refractivity contribution in [2.75, 3.05) is 14.2 Å². The van der Waals surface area contributed by atoms with E-state index in [9.17, 15) is 14.7 Å². The van der Waals surface area contributed by atoms with E-state index in [4.69, 9.17) is 32.7 Å². The van der Waals surface area contributed by atoms with Gasteiger partial charge in [0.1, 0.15) is 5.69 Å². The van der Waals surface area contributed by atoms with Crippen molar-refractivity contribution in [3.05, 3.63) is 91.2 Å². The number of carboxylic acid groups (broad SMARTS) is 1. The van der Waals surface area contributed by atoms with Crippen LogP contribution in [0.2, 0.25) is 10.0 Å². The second-order valence-electron chi connectivity index (χ2n) is 9.18. The molecule has 1 atom stereocenters. The summed E-state index contributed by atoms with van der Waals surface area (Å²) in [6, 6.07) is 8.76. The van der Waals surface area contributed by atoms with Gasteiger partial charge in [0.25, 0.3) is 5.56 Å². The molecule has 4 aromatic rings. The van der Waals surface area contributed by atoms with Gasteiger partial charge in [0.05, 0.1) is 31.1 Å². The number of aryl methyl sites for hydroxylation is 1. The van der Waals surface area contributed by atoms with Crippen molar-refractivity contribution in [3.63, 3.8) is 0 Å². The van der Waals surface area contributed by atoms with Crippen LogP contribution < -0.4 is 15.0 Å². The number of halogens is 2. The predicted octanol–water partition coefficient (Wildman–Crippen LogP) is 4.88. The smallest absolute Gasteiger partial charge is 0.356 e. The Hall–Kier alpha value is -3.89. The summed E-state index contributed by atoms with van der Waals surface area (Å²) in [5.41, 5.74) is 2.15. The van der Waals surface area contributed by atoms with Crippen LogP contribution in [0.25, 0.3) is 5.69 Å². The lowest BCUT2D eigenvalue weighted by atomic mass is 9.83. The van der Waals surface area contributed by atoms with Crippen LogP contribution in [0, 0.1) is 0 Å². The van der Waals surface area contributed by atoms with E-state index in [2.05, 4.69) is 15.1 Å². The molecule has 0 saturated heterocycles. The first kappa shape index (κ1) is 28.1. The molecule has 39 heavy (non-hydrogen) atoms. The van der Waals surface area contributed by atoms with Gasteiger partial charge in [-0.3, -0.25) is 4.79 Å². The summed E-state index contributed by atoms with van der Waals surface area (Å²) in [4.78, 5) is 34.2. The minimum absolute atomic E-state index is 0.0865. The molecule has 0 bridgehead atoms. The molecule has 1 unspecified atom stereocenters. The highest BCUT2D eigenvalue weighted by Gasteiger charge is 2.33. The van der Waals surface area contributed by atoms with Crippen molar-refractivity contribution in [2.24, 2.45) is 7.05 Å². The Morgan fingerprint density at radius 2 is 1.79 bits per heavy atom. The van der Waals surface area contributed by atoms with Gasteiger partial charge in [-0.05, 0) is 36.1 Å². The average molecular weight is 572 g/mol. The van der Waals surface area contributed by atoms with Gasteiger partial charge in [-0.25, -0.2) is 14.5 Å². The minimum Gasteiger partial charge on any atom is -0.479 e. The van der Waals surface area contributed by atoms with Crippen LogP contribution in [-0.2, 0) is 13.5 Å². The first-order valence-electron chi connectivity index (χ1n) is 12.0. The monoisotopic (exact) mass is 571 g/mol. The molecule has 0 aliphatic heterocycles. The molecule has 0 fully saturated rings. The van der Waals surface area contributed by atoms with E-state index < -0.39 is 11.9 Å². The molecule has 3 heterocycles. The molecular formula is C27H27Cl2N5O5. The lowest BCUT2D eigenvalue weighted by molar-refractivity contribution is 0.0688. The number of aromatic carboxylic acids is 1. The van der Waals surface area contributed by atoms with Crippen LogP contribution in [0.5, 0.6) is 11.9 Å². The number of rotatable bonds is 9. The Kier molecular flexibility index (Phi) is 8.27. The maximum atomic E-state index is 13.1. The fraction of sp³-hybridized carbons (Fsp3) is 0.296. The fourth-order valence-electron chi connectivity index (χ4n) is 4.61. The quantitative estimate of drug-likeness (QED) is 0.301. The summed E-state index contributed by atoms with van der Waals surface area (Å²) in [5, 5.41) is 15.7. The number of ether oxygens (including phenoxy) is 2. The third kappa shape index (κ3) is 5.62. The number of hydrogen-bond acceptors (Lipinski definition) is 7. The van der Waals surface area contributed by atoms with Gasteiger partial charge in [0.2, 0.25) is 5.88 Å². The summed E-state index contributed by atoms with van der Waals surface area (Å²) >= 11 is 12.5. The number of pyridine rings is 1. The molecule has 1 N–H and O–H groups in total. The van der Waals surface area contributed by atoms with E-state index in [-0.39, 0.29) is 35.5 Å². The standard InChI is InChI=1S/C27H27Cl2N5O5/c1-14(2)23-21(22(26(36)37)32-34(23)20-12-30-27(39-5)31-24(20)38-4)19(15-6-8-17(28)9-7-15)11-16-10-18(29)13-33(3)25(16)35/h6-10,12-14,19H,11H2,1-5H3,(H,36,37). The topological polar surface area (TPSA) is 121 Å². The third-order valence-electron chi connectivity index (χ3n) is 6.30. The minimum atomic E-state index is -1.22. The molecule has 0 radical (unpaired) electrons. The van der Waals surface area contributed by atoms with Crippen LogP contribution in [0.1, 0.15) is 58.6 Å². The summed E-state index contributed by atoms with van der Waals surface area (Å²) in [5.74, 6) is -1.86. The Morgan fingerprint density at radius 3 is 2.38 bits per heavy atom. The lowest BCUT2D eigenvalue weighted by Crippen LogP contribution is -2.23. The SMILES string of the molecule is COc1ncc(-n2nc(C(=O)O)c(C(Cc3cc(Cl)cn(C)c3=O)c3ccc(Cl)cc3)c2C(C)C)c(OC)n1. The van der Waals surface area contributed by atoms with E-state index in [1.165, 1.54) is 35.9 Å². The molecule has 4 rings (SSSR count). The molecule has 12 heteroatoms. The van der Waals surface area contributed by atoms with Crippen LogP contribution >= 0.6 is 23.2 Å². The molecule has 1 aromatic carbocycles. The van der Waals surface area contributed by atoms with Gasteiger partial charge in [0.15, 0.2) is 5.69 Å². The second kappa shape index (κ2) is 11.5. The van der Waals surface area contributed by atoms with E-state index in [1.54, 1.807) is 25.2 Å². The highest BCUT2D eigenvalue weighted by molar-refractivity contribution is 6.30. The zero-order valence-corrected chi connectivity index (χ0v) is 23.5. The van der Waals surface area contributed by atoms with Gasteiger partial charge >= 0.3 is 12.0 Å². The number of benzene rings is 1. The van der Waals surface area contributed by atoms with Crippen molar-refractivity contribution in [2.45, 2.75) is 32.1 Å². The number of nitrogens with zero attached hydrogens (tertiary/aromatic N) is 5. The Morgan fingerprint density at radius 1 is 1.10 bits per heavy atom. The van der Waals surface area contributed by atoms with Gasteiger partial charge in [-0.1, -0.05) is 49.2 Å². The first-order valence-corrected chi connectivity index (χ1v) is 12.7. The molecule has 0 spiro atoms. The van der Waals surface area contributed by atoms with E-state index in [1.807, 2.05) is 26.0 Å². The van der Waals surface area contributed by atoms with Crippen LogP contribution in [0.4, 0.5) is 0 Å². The molecule has 0 aliphatic rings. The van der Waals surface area contributed by atoms with Crippen LogP contribution in [-0.4, -0.2) is 49.6 Å². The molecule has 0 saturated carbocycles. The highest BCUT2D eigenvalue weighted by atomic mass is 35.5. The number of aromatic nitrogens is 5. The van der Waals surface area contributed by atoms with Crippen LogP contribution in [0.3, 0.4) is 0 Å². The largest absolute Gasteiger partial charge is 0.479 e. The second-order valence-corrected chi connectivity index (χ2v) is 10.1. The Bertz CT molecular complexity index is 1580. The molecular weight excluding hydrogens is 545 g/mol. The van der Waals surface area contributed by atoms with Crippen molar-refractivity contribution >= 4 is 29.2 Å². The van der Waals surface area contributed by atoms with Gasteiger partial charge in [0, 0.05) is 35.3 Å². The molecule has 0 aliphatic carbocycles. The molecule has 3 aromatic heterocycles. The lowest BCUT2D eigenvalue weighted by Gasteiger charge is -2.22. The van der Waals surface area contributed by atoms with E-state index in [0.717, 1.165) is 5.56 Å². The average Bonchev–Trinajstić information content (AvgIpc) is 3.31. The van der Waals surface area contributed by atoms with Crippen molar-refractivity contribution < 1.29 is 19.4 Å². The number of methoxy groups -OCH3 is 2. The number of carbonyl (C=O) groups is 1. The van der Waals surface area contributed by atoms with Crippen molar-refractivity contribution in [3.8, 4) is 17.6 Å². The maximum absolute atomic E-state index is 13.1.